The van der Waals surface area contributed by atoms with Crippen molar-refractivity contribution in [3.63, 3.8) is 0 Å². The topological polar surface area (TPSA) is 78.3 Å². The van der Waals surface area contributed by atoms with Gasteiger partial charge >= 0.3 is 6.01 Å². The van der Waals surface area contributed by atoms with E-state index in [1.54, 1.807) is 72.5 Å². The first kappa shape index (κ1) is 21.0. The molecule has 0 atom stereocenters. The maximum atomic E-state index is 13.8. The number of benzene rings is 3. The van der Waals surface area contributed by atoms with Gasteiger partial charge in [0.2, 0.25) is 0 Å². The summed E-state index contributed by atoms with van der Waals surface area (Å²) in [6.07, 6.45) is 0. The molecule has 1 amide bonds. The molecule has 32 heavy (non-hydrogen) atoms. The van der Waals surface area contributed by atoms with Gasteiger partial charge in [-0.3, -0.25) is 4.79 Å². The Kier molecular flexibility index (Phi) is 6.12. The number of amides is 1. The predicted octanol–water partition coefficient (Wildman–Crippen LogP) is 4.73. The normalized spacial score (nSPS) is 10.6. The van der Waals surface area contributed by atoms with Gasteiger partial charge < -0.3 is 14.8 Å². The van der Waals surface area contributed by atoms with Crippen molar-refractivity contribution in [2.45, 2.75) is 6.92 Å². The molecular formula is C24H21FN4O3. The number of nitrogens with one attached hydrogen (secondary N) is 1. The molecule has 0 saturated heterocycles. The van der Waals surface area contributed by atoms with Gasteiger partial charge in [-0.25, -0.2) is 9.07 Å². The van der Waals surface area contributed by atoms with Crippen LogP contribution in [0.1, 0.15) is 17.3 Å². The Hall–Kier alpha value is -4.20. The molecule has 0 radical (unpaired) electrons. The van der Waals surface area contributed by atoms with Crippen LogP contribution in [0.15, 0.2) is 72.8 Å². The fourth-order valence-electron chi connectivity index (χ4n) is 3.13. The number of carbonyl (C=O) groups excluding carboxylic acids is 1. The summed E-state index contributed by atoms with van der Waals surface area (Å²) in [5, 5.41) is 7.25. The minimum absolute atomic E-state index is 0.196. The van der Waals surface area contributed by atoms with Crippen LogP contribution in [0, 0.1) is 5.82 Å². The zero-order valence-electron chi connectivity index (χ0n) is 17.6. The van der Waals surface area contributed by atoms with E-state index in [9.17, 15) is 9.18 Å². The molecule has 0 spiro atoms. The van der Waals surface area contributed by atoms with Crippen LogP contribution < -0.4 is 14.8 Å². The number of aromatic nitrogens is 3. The lowest BCUT2D eigenvalue weighted by atomic mass is 10.2. The Labute approximate surface area is 184 Å². The largest absolute Gasteiger partial charge is 0.497 e. The summed E-state index contributed by atoms with van der Waals surface area (Å²) in [7, 11) is 1.55. The first-order valence-electron chi connectivity index (χ1n) is 9.99. The van der Waals surface area contributed by atoms with Gasteiger partial charge in [0.05, 0.1) is 19.4 Å². The standard InChI is InChI=1S/C24H21FN4O3/c1-3-32-24-27-22(16-6-4-8-18(25)14-16)29(28-24)20-12-10-19(11-13-20)26-23(30)17-7-5-9-21(15-17)31-2/h4-15H,3H2,1-2H3,(H,26,30). The molecule has 4 rings (SSSR count). The van der Waals surface area contributed by atoms with E-state index in [1.807, 2.05) is 6.92 Å². The summed E-state index contributed by atoms with van der Waals surface area (Å²) in [6.45, 7) is 2.24. The minimum atomic E-state index is -0.370. The minimum Gasteiger partial charge on any atom is -0.497 e. The van der Waals surface area contributed by atoms with Gasteiger partial charge in [0, 0.05) is 16.8 Å². The van der Waals surface area contributed by atoms with Crippen LogP contribution in [0.25, 0.3) is 17.1 Å². The predicted molar refractivity (Wildman–Crippen MR) is 119 cm³/mol. The molecule has 0 aliphatic rings. The fourth-order valence-corrected chi connectivity index (χ4v) is 3.13. The molecule has 162 valence electrons. The third-order valence-electron chi connectivity index (χ3n) is 4.65. The summed E-state index contributed by atoms with van der Waals surface area (Å²) in [4.78, 5) is 16.9. The van der Waals surface area contributed by atoms with Crippen molar-refractivity contribution >= 4 is 11.6 Å². The van der Waals surface area contributed by atoms with Gasteiger partial charge in [-0.2, -0.15) is 4.98 Å². The van der Waals surface area contributed by atoms with Gasteiger partial charge in [0.15, 0.2) is 5.82 Å². The molecule has 3 aromatic carbocycles. The molecular weight excluding hydrogens is 411 g/mol. The van der Waals surface area contributed by atoms with Gasteiger partial charge in [-0.15, -0.1) is 5.10 Å². The molecule has 0 unspecified atom stereocenters. The highest BCUT2D eigenvalue weighted by molar-refractivity contribution is 6.04. The van der Waals surface area contributed by atoms with Crippen molar-refractivity contribution in [2.75, 3.05) is 19.0 Å². The lowest BCUT2D eigenvalue weighted by Crippen LogP contribution is -2.12. The number of anilines is 1. The first-order chi connectivity index (χ1) is 15.6. The Bertz CT molecular complexity index is 1240. The number of hydrogen-bond acceptors (Lipinski definition) is 5. The van der Waals surface area contributed by atoms with Crippen molar-refractivity contribution in [1.29, 1.82) is 0 Å². The Morgan fingerprint density at radius 3 is 2.56 bits per heavy atom. The van der Waals surface area contributed by atoms with Crippen LogP contribution in [0.2, 0.25) is 0 Å². The molecule has 0 fully saturated rings. The molecule has 0 aliphatic heterocycles. The van der Waals surface area contributed by atoms with Crippen molar-refractivity contribution in [3.05, 3.63) is 84.2 Å². The number of ether oxygens (including phenoxy) is 2. The van der Waals surface area contributed by atoms with Crippen molar-refractivity contribution in [1.82, 2.24) is 14.8 Å². The maximum Gasteiger partial charge on any atom is 0.336 e. The SMILES string of the molecule is CCOc1nc(-c2cccc(F)c2)n(-c2ccc(NC(=O)c3cccc(OC)c3)cc2)n1. The van der Waals surface area contributed by atoms with E-state index in [0.717, 1.165) is 0 Å². The summed E-state index contributed by atoms with van der Waals surface area (Å²) >= 11 is 0. The smallest absolute Gasteiger partial charge is 0.336 e. The lowest BCUT2D eigenvalue weighted by molar-refractivity contribution is 0.102. The third kappa shape index (κ3) is 4.59. The monoisotopic (exact) mass is 432 g/mol. The van der Waals surface area contributed by atoms with E-state index in [2.05, 4.69) is 15.4 Å². The maximum absolute atomic E-state index is 13.8. The summed E-state index contributed by atoms with van der Waals surface area (Å²) in [5.41, 5.74) is 2.35. The second-order valence-corrected chi connectivity index (χ2v) is 6.81. The van der Waals surface area contributed by atoms with Gasteiger partial charge in [0.25, 0.3) is 5.91 Å². The van der Waals surface area contributed by atoms with Gasteiger partial charge in [0.1, 0.15) is 11.6 Å². The highest BCUT2D eigenvalue weighted by Gasteiger charge is 2.15. The highest BCUT2D eigenvalue weighted by Crippen LogP contribution is 2.25. The summed E-state index contributed by atoms with van der Waals surface area (Å²) in [6, 6.07) is 20.3. The molecule has 1 aromatic heterocycles. The number of rotatable bonds is 7. The van der Waals surface area contributed by atoms with Crippen LogP contribution in [0.4, 0.5) is 10.1 Å². The average molecular weight is 432 g/mol. The molecule has 8 heteroatoms. The zero-order chi connectivity index (χ0) is 22.5. The third-order valence-corrected chi connectivity index (χ3v) is 4.65. The van der Waals surface area contributed by atoms with Crippen LogP contribution in [0.5, 0.6) is 11.8 Å². The zero-order valence-corrected chi connectivity index (χ0v) is 17.6. The van der Waals surface area contributed by atoms with Gasteiger partial charge in [-0.05, 0) is 61.5 Å². The highest BCUT2D eigenvalue weighted by atomic mass is 19.1. The number of halogens is 1. The summed E-state index contributed by atoms with van der Waals surface area (Å²) in [5.74, 6) is 0.428. The average Bonchev–Trinajstić information content (AvgIpc) is 3.24. The van der Waals surface area contributed by atoms with Crippen LogP contribution in [-0.2, 0) is 0 Å². The van der Waals surface area contributed by atoms with Crippen molar-refractivity contribution in [3.8, 4) is 28.8 Å². The molecule has 0 aliphatic carbocycles. The quantitative estimate of drug-likeness (QED) is 0.457. The number of hydrogen-bond donors (Lipinski definition) is 1. The van der Waals surface area contributed by atoms with E-state index in [4.69, 9.17) is 9.47 Å². The molecule has 7 nitrogen and oxygen atoms in total. The van der Waals surface area contributed by atoms with E-state index in [1.165, 1.54) is 12.1 Å². The second-order valence-electron chi connectivity index (χ2n) is 6.81. The van der Waals surface area contributed by atoms with E-state index in [0.29, 0.717) is 40.7 Å². The number of methoxy groups -OCH3 is 1. The van der Waals surface area contributed by atoms with E-state index >= 15 is 0 Å². The van der Waals surface area contributed by atoms with E-state index in [-0.39, 0.29) is 17.7 Å². The van der Waals surface area contributed by atoms with E-state index < -0.39 is 0 Å². The summed E-state index contributed by atoms with van der Waals surface area (Å²) < 4.78 is 25.9. The van der Waals surface area contributed by atoms with Crippen molar-refractivity contribution < 1.29 is 18.7 Å². The fraction of sp³-hybridized carbons (Fsp3) is 0.125. The first-order valence-corrected chi connectivity index (χ1v) is 9.99. The van der Waals surface area contributed by atoms with Crippen LogP contribution in [-0.4, -0.2) is 34.4 Å². The van der Waals surface area contributed by atoms with Crippen LogP contribution >= 0.6 is 0 Å². The lowest BCUT2D eigenvalue weighted by Gasteiger charge is -2.09. The molecule has 0 bridgehead atoms. The van der Waals surface area contributed by atoms with Crippen molar-refractivity contribution in [2.24, 2.45) is 0 Å². The molecule has 1 heterocycles. The Morgan fingerprint density at radius 2 is 1.84 bits per heavy atom. The molecule has 0 saturated carbocycles. The second kappa shape index (κ2) is 9.30. The Balaban J connectivity index is 1.60. The van der Waals surface area contributed by atoms with Gasteiger partial charge in [-0.1, -0.05) is 18.2 Å². The number of carbonyl (C=O) groups is 1. The molecule has 1 N–H and O–H groups in total. The van der Waals surface area contributed by atoms with Crippen LogP contribution in [0.3, 0.4) is 0 Å². The Morgan fingerprint density at radius 1 is 1.06 bits per heavy atom. The number of nitrogens with zero attached hydrogens (tertiary/aromatic N) is 3. The molecule has 4 aromatic rings.